The molecule has 14 heteroatoms. The summed E-state index contributed by atoms with van der Waals surface area (Å²) in [5.41, 5.74) is -0.499. The summed E-state index contributed by atoms with van der Waals surface area (Å²) in [6, 6.07) is 2.03. The number of aromatic nitrogens is 3. The van der Waals surface area contributed by atoms with Crippen LogP contribution in [0.3, 0.4) is 0 Å². The third-order valence-corrected chi connectivity index (χ3v) is 8.17. The van der Waals surface area contributed by atoms with Crippen molar-refractivity contribution in [2.75, 3.05) is 56.2 Å². The van der Waals surface area contributed by atoms with Gasteiger partial charge in [0.15, 0.2) is 5.82 Å². The number of pyridine rings is 1. The van der Waals surface area contributed by atoms with Crippen LogP contribution in [0.2, 0.25) is 0 Å². The van der Waals surface area contributed by atoms with Gasteiger partial charge in [0.25, 0.3) is 0 Å². The van der Waals surface area contributed by atoms with Crippen molar-refractivity contribution in [3.63, 3.8) is 0 Å². The number of halogens is 4. The lowest BCUT2D eigenvalue weighted by atomic mass is 10.0. The average Bonchev–Trinajstić information content (AvgIpc) is 3.38. The van der Waals surface area contributed by atoms with Crippen LogP contribution in [0.15, 0.2) is 25.0 Å². The number of ether oxygens (including phenoxy) is 1. The largest absolute Gasteiger partial charge is 0.462 e. The highest BCUT2D eigenvalue weighted by molar-refractivity contribution is 5.87. The number of piperazine rings is 1. The first-order valence-electron chi connectivity index (χ1n) is 13.8. The minimum Gasteiger partial charge on any atom is -0.462 e. The van der Waals surface area contributed by atoms with Crippen LogP contribution in [-0.2, 0) is 23.9 Å². The number of alkyl halides is 3. The van der Waals surface area contributed by atoms with Crippen LogP contribution in [-0.4, -0.2) is 89.1 Å². The van der Waals surface area contributed by atoms with Gasteiger partial charge in [-0.3, -0.25) is 9.78 Å². The van der Waals surface area contributed by atoms with Crippen molar-refractivity contribution in [1.29, 1.82) is 5.26 Å². The highest BCUT2D eigenvalue weighted by atomic mass is 19.4. The number of carbonyl (C=O) groups is 1. The summed E-state index contributed by atoms with van der Waals surface area (Å²) in [6.45, 7) is 6.08. The summed E-state index contributed by atoms with van der Waals surface area (Å²) >= 11 is 0. The number of likely N-dealkylation sites (tertiary alicyclic amines) is 1. The average molecular weight is 589 g/mol. The number of likely N-dealkylation sites (N-methyl/N-ethyl adjacent to an activating group) is 1. The Kier molecular flexibility index (Phi) is 8.49. The predicted molar refractivity (Wildman–Crippen MR) is 145 cm³/mol. The highest BCUT2D eigenvalue weighted by Crippen LogP contribution is 2.40. The quantitative estimate of drug-likeness (QED) is 0.357. The summed E-state index contributed by atoms with van der Waals surface area (Å²) in [5, 5.41) is 9.42. The third-order valence-electron chi connectivity index (χ3n) is 8.17. The molecule has 0 saturated carbocycles. The Morgan fingerprint density at radius 3 is 2.69 bits per heavy atom. The van der Waals surface area contributed by atoms with E-state index in [0.29, 0.717) is 50.4 Å². The van der Waals surface area contributed by atoms with Crippen molar-refractivity contribution < 1.29 is 27.1 Å². The molecule has 2 fully saturated rings. The Hall–Kier alpha value is -3.99. The van der Waals surface area contributed by atoms with E-state index in [0.717, 1.165) is 31.1 Å². The number of hydrogen-bond donors (Lipinski definition) is 0. The Bertz CT molecular complexity index is 1380. The smallest absolute Gasteiger partial charge is 0.421 e. The van der Waals surface area contributed by atoms with Gasteiger partial charge in [-0.25, -0.2) is 4.39 Å². The fourth-order valence-corrected chi connectivity index (χ4v) is 5.96. The molecule has 1 amide bonds. The van der Waals surface area contributed by atoms with Gasteiger partial charge in [0.05, 0.1) is 48.9 Å². The van der Waals surface area contributed by atoms with Crippen LogP contribution in [0.5, 0.6) is 6.01 Å². The van der Waals surface area contributed by atoms with E-state index in [2.05, 4.69) is 27.5 Å². The first kappa shape index (κ1) is 29.5. The minimum absolute atomic E-state index is 0.0324. The van der Waals surface area contributed by atoms with Gasteiger partial charge < -0.3 is 24.3 Å². The molecule has 10 nitrogen and oxygen atoms in total. The topological polar surface area (TPSA) is 102 Å². The van der Waals surface area contributed by atoms with Gasteiger partial charge in [0.1, 0.15) is 18.0 Å². The van der Waals surface area contributed by atoms with E-state index in [1.54, 1.807) is 4.90 Å². The molecule has 2 aromatic rings. The zero-order valence-electron chi connectivity index (χ0n) is 23.3. The van der Waals surface area contributed by atoms with Gasteiger partial charge in [-0.1, -0.05) is 6.58 Å². The molecule has 5 heterocycles. The molecule has 0 bridgehead atoms. The van der Waals surface area contributed by atoms with Gasteiger partial charge in [-0.2, -0.15) is 28.4 Å². The Balaban J connectivity index is 1.49. The Labute approximate surface area is 241 Å². The van der Waals surface area contributed by atoms with Gasteiger partial charge >= 0.3 is 12.2 Å². The van der Waals surface area contributed by atoms with E-state index in [-0.39, 0.29) is 43.2 Å². The molecular weight excluding hydrogens is 556 g/mol. The van der Waals surface area contributed by atoms with E-state index in [4.69, 9.17) is 9.72 Å². The summed E-state index contributed by atoms with van der Waals surface area (Å²) < 4.78 is 61.8. The highest BCUT2D eigenvalue weighted by Gasteiger charge is 2.40. The zero-order valence-corrected chi connectivity index (χ0v) is 23.3. The summed E-state index contributed by atoms with van der Waals surface area (Å²) in [4.78, 5) is 32.7. The lowest BCUT2D eigenvalue weighted by Gasteiger charge is -2.42. The molecule has 0 aliphatic carbocycles. The predicted octanol–water partition coefficient (Wildman–Crippen LogP) is 3.18. The molecule has 2 aromatic heterocycles. The SMILES string of the molecule is C=CC(=O)N1CCN(c2nc(OCC3CCCN3C)nc3c2CCN(c2cncc(F)c2C(F)(F)F)C3)CC1CC#N. The Morgan fingerprint density at radius 2 is 2.00 bits per heavy atom. The van der Waals surface area contributed by atoms with Crippen LogP contribution in [0, 0.1) is 17.1 Å². The molecule has 2 unspecified atom stereocenters. The second kappa shape index (κ2) is 12.1. The fraction of sp³-hybridized carbons (Fsp3) is 0.536. The summed E-state index contributed by atoms with van der Waals surface area (Å²) in [5.74, 6) is -1.13. The van der Waals surface area contributed by atoms with Gasteiger partial charge in [-0.15, -0.1) is 0 Å². The maximum absolute atomic E-state index is 14.3. The van der Waals surface area contributed by atoms with Crippen molar-refractivity contribution in [3.05, 3.63) is 47.7 Å². The lowest BCUT2D eigenvalue weighted by molar-refractivity contribution is -0.139. The lowest BCUT2D eigenvalue weighted by Crippen LogP contribution is -2.55. The van der Waals surface area contributed by atoms with Crippen molar-refractivity contribution in [1.82, 2.24) is 24.8 Å². The van der Waals surface area contributed by atoms with Crippen LogP contribution in [0.1, 0.15) is 36.1 Å². The zero-order chi connectivity index (χ0) is 30.0. The van der Waals surface area contributed by atoms with Gasteiger partial charge in [0.2, 0.25) is 5.91 Å². The summed E-state index contributed by atoms with van der Waals surface area (Å²) in [7, 11) is 2.02. The number of carbonyl (C=O) groups excluding carboxylic acids is 1. The van der Waals surface area contributed by atoms with Crippen LogP contribution < -0.4 is 14.5 Å². The van der Waals surface area contributed by atoms with E-state index in [1.165, 1.54) is 11.0 Å². The Morgan fingerprint density at radius 1 is 1.19 bits per heavy atom. The number of rotatable bonds is 7. The van der Waals surface area contributed by atoms with Crippen LogP contribution in [0.4, 0.5) is 29.1 Å². The van der Waals surface area contributed by atoms with Crippen molar-refractivity contribution in [2.24, 2.45) is 0 Å². The second-order valence-corrected chi connectivity index (χ2v) is 10.7. The van der Waals surface area contributed by atoms with E-state index in [1.807, 2.05) is 11.9 Å². The molecule has 42 heavy (non-hydrogen) atoms. The fourth-order valence-electron chi connectivity index (χ4n) is 5.96. The molecule has 0 N–H and O–H groups in total. The normalized spacial score (nSPS) is 21.2. The molecule has 224 valence electrons. The third kappa shape index (κ3) is 5.97. The summed E-state index contributed by atoms with van der Waals surface area (Å²) in [6.07, 6.45) is 0.319. The van der Waals surface area contributed by atoms with Gasteiger partial charge in [0, 0.05) is 37.8 Å². The maximum Gasteiger partial charge on any atom is 0.421 e. The van der Waals surface area contributed by atoms with E-state index >= 15 is 0 Å². The maximum atomic E-state index is 14.3. The number of hydrogen-bond acceptors (Lipinski definition) is 9. The van der Waals surface area contributed by atoms with Crippen LogP contribution in [0.25, 0.3) is 0 Å². The van der Waals surface area contributed by atoms with Crippen molar-refractivity contribution in [2.45, 2.75) is 50.5 Å². The molecule has 2 saturated heterocycles. The molecule has 0 spiro atoms. The molecule has 2 atom stereocenters. The number of anilines is 2. The number of amides is 1. The number of nitrogens with zero attached hydrogens (tertiary/aromatic N) is 8. The second-order valence-electron chi connectivity index (χ2n) is 10.7. The molecule has 3 aliphatic rings. The molecule has 5 rings (SSSR count). The van der Waals surface area contributed by atoms with E-state index < -0.39 is 23.6 Å². The molecule has 0 aromatic carbocycles. The first-order valence-corrected chi connectivity index (χ1v) is 13.8. The number of nitriles is 1. The monoisotopic (exact) mass is 588 g/mol. The van der Waals surface area contributed by atoms with E-state index in [9.17, 15) is 27.6 Å². The first-order chi connectivity index (χ1) is 20.1. The minimum atomic E-state index is -4.90. The molecule has 3 aliphatic heterocycles. The van der Waals surface area contributed by atoms with Gasteiger partial charge in [-0.05, 0) is 38.9 Å². The molecular formula is C28H32F4N8O2. The van der Waals surface area contributed by atoms with Crippen LogP contribution >= 0.6 is 0 Å². The standard InChI is InChI=1S/C28H32F4N8O2/c1-3-24(41)40-12-11-39(15-18(40)6-8-33)26-20-7-10-38(23-14-34-13-21(29)25(23)28(30,31)32)16-22(20)35-27(36-26)42-17-19-5-4-9-37(19)2/h3,13-14,18-19H,1,4-7,9-12,15-17H2,2H3. The van der Waals surface area contributed by atoms with Crippen molar-refractivity contribution in [3.8, 4) is 12.1 Å². The molecule has 0 radical (unpaired) electrons. The number of fused-ring (bicyclic) bond motifs is 1. The van der Waals surface area contributed by atoms with Crippen molar-refractivity contribution >= 4 is 17.4 Å².